The van der Waals surface area contributed by atoms with Gasteiger partial charge in [0.05, 0.1) is 11.6 Å². The molecule has 1 atom stereocenters. The molecule has 2 aromatic carbocycles. The lowest BCUT2D eigenvalue weighted by molar-refractivity contribution is 0.534. The molecule has 2 aliphatic rings. The summed E-state index contributed by atoms with van der Waals surface area (Å²) in [5.41, 5.74) is 10.3. The molecule has 2 aliphatic heterocycles. The first-order chi connectivity index (χ1) is 14.3. The van der Waals surface area contributed by atoms with Crippen LogP contribution in [-0.2, 0) is 13.0 Å². The van der Waals surface area contributed by atoms with Gasteiger partial charge < -0.3 is 15.6 Å². The van der Waals surface area contributed by atoms with Crippen LogP contribution < -0.4 is 21.1 Å². The lowest BCUT2D eigenvalue weighted by atomic mass is 10.0. The topological polar surface area (TPSA) is 65.1 Å². The highest BCUT2D eigenvalue weighted by Gasteiger charge is 2.34. The van der Waals surface area contributed by atoms with Gasteiger partial charge in [0.2, 0.25) is 5.95 Å². The van der Waals surface area contributed by atoms with E-state index in [1.54, 1.807) is 0 Å². The highest BCUT2D eigenvalue weighted by atomic mass is 35.5. The molecule has 0 fully saturated rings. The van der Waals surface area contributed by atoms with Crippen LogP contribution in [-0.4, -0.2) is 23.1 Å². The second-order valence-corrected chi connectivity index (χ2v) is 7.89. The molecule has 3 aromatic rings. The minimum Gasteiger partial charge on any atom is -0.354 e. The van der Waals surface area contributed by atoms with E-state index in [1.807, 2.05) is 12.1 Å². The van der Waals surface area contributed by atoms with E-state index in [-0.39, 0.29) is 6.04 Å². The number of benzene rings is 2. The quantitative estimate of drug-likeness (QED) is 0.571. The van der Waals surface area contributed by atoms with Crippen molar-refractivity contribution in [1.82, 2.24) is 15.4 Å². The second-order valence-electron chi connectivity index (χ2n) is 7.45. The van der Waals surface area contributed by atoms with Gasteiger partial charge in [0.1, 0.15) is 5.82 Å². The maximum Gasteiger partial charge on any atom is 0.226 e. The Balaban J connectivity index is 1.35. The zero-order chi connectivity index (χ0) is 19.6. The fourth-order valence-corrected chi connectivity index (χ4v) is 4.08. The summed E-state index contributed by atoms with van der Waals surface area (Å²) in [5.74, 6) is 2.55. The third-order valence-corrected chi connectivity index (χ3v) is 5.70. The summed E-state index contributed by atoms with van der Waals surface area (Å²) in [7, 11) is 0. The van der Waals surface area contributed by atoms with Gasteiger partial charge in [0.15, 0.2) is 5.82 Å². The molecule has 7 heteroatoms. The third kappa shape index (κ3) is 3.86. The van der Waals surface area contributed by atoms with Crippen molar-refractivity contribution in [2.75, 3.05) is 28.7 Å². The Morgan fingerprint density at radius 1 is 1.03 bits per heavy atom. The van der Waals surface area contributed by atoms with Gasteiger partial charge in [0.25, 0.3) is 0 Å². The number of halogens is 1. The first-order valence-corrected chi connectivity index (χ1v) is 10.3. The van der Waals surface area contributed by atoms with Crippen LogP contribution in [0.1, 0.15) is 29.2 Å². The predicted molar refractivity (Wildman–Crippen MR) is 117 cm³/mol. The van der Waals surface area contributed by atoms with Crippen LogP contribution in [0.4, 0.5) is 17.6 Å². The Hall–Kier alpha value is -2.83. The standard InChI is InChI=1S/C22H23ClN6/c23-17-8-6-15(7-9-17)10-12-24-22-25-20-19-18(27-28-20)11-13-29(21(19)26-22)14-16-4-2-1-3-5-16/h1-9,18,27H,10-14H2,(H2,24,25,26,28). The van der Waals surface area contributed by atoms with Crippen molar-refractivity contribution in [1.29, 1.82) is 0 Å². The highest BCUT2D eigenvalue weighted by Crippen LogP contribution is 2.41. The zero-order valence-electron chi connectivity index (χ0n) is 16.0. The molecule has 29 heavy (non-hydrogen) atoms. The second kappa shape index (κ2) is 7.89. The number of nitrogens with zero attached hydrogens (tertiary/aromatic N) is 3. The number of hydrogen-bond acceptors (Lipinski definition) is 6. The number of aromatic nitrogens is 2. The van der Waals surface area contributed by atoms with Gasteiger partial charge in [-0.2, -0.15) is 9.97 Å². The lowest BCUT2D eigenvalue weighted by Gasteiger charge is -2.32. The van der Waals surface area contributed by atoms with E-state index in [4.69, 9.17) is 16.6 Å². The summed E-state index contributed by atoms with van der Waals surface area (Å²) in [4.78, 5) is 11.9. The molecule has 6 nitrogen and oxygen atoms in total. The van der Waals surface area contributed by atoms with E-state index >= 15 is 0 Å². The molecule has 0 saturated carbocycles. The van der Waals surface area contributed by atoms with E-state index in [2.05, 4.69) is 68.5 Å². The number of hydrogen-bond donors (Lipinski definition) is 3. The van der Waals surface area contributed by atoms with Crippen molar-refractivity contribution >= 4 is 29.2 Å². The Morgan fingerprint density at radius 3 is 2.69 bits per heavy atom. The third-order valence-electron chi connectivity index (χ3n) is 5.45. The van der Waals surface area contributed by atoms with Crippen LogP contribution >= 0.6 is 11.6 Å². The molecule has 1 unspecified atom stereocenters. The molecule has 0 saturated heterocycles. The Morgan fingerprint density at radius 2 is 1.86 bits per heavy atom. The maximum atomic E-state index is 5.96. The Labute approximate surface area is 175 Å². The monoisotopic (exact) mass is 406 g/mol. The van der Waals surface area contributed by atoms with Crippen molar-refractivity contribution in [3.05, 3.63) is 76.3 Å². The van der Waals surface area contributed by atoms with Crippen molar-refractivity contribution in [2.24, 2.45) is 0 Å². The molecule has 0 amide bonds. The van der Waals surface area contributed by atoms with Gasteiger partial charge in [0, 0.05) is 24.7 Å². The van der Waals surface area contributed by atoms with Crippen molar-refractivity contribution in [3.63, 3.8) is 0 Å². The van der Waals surface area contributed by atoms with Crippen LogP contribution in [0.15, 0.2) is 54.6 Å². The normalized spacial score (nSPS) is 17.0. The summed E-state index contributed by atoms with van der Waals surface area (Å²) in [6.45, 7) is 2.57. The molecule has 0 bridgehead atoms. The molecule has 0 radical (unpaired) electrons. The minimum atomic E-state index is 0.273. The Bertz CT molecular complexity index is 992. The van der Waals surface area contributed by atoms with Crippen LogP contribution in [0.2, 0.25) is 5.02 Å². The number of nitrogens with one attached hydrogen (secondary N) is 3. The van der Waals surface area contributed by atoms with Gasteiger partial charge in [-0.25, -0.2) is 5.43 Å². The van der Waals surface area contributed by atoms with Gasteiger partial charge in [-0.3, -0.25) is 0 Å². The van der Waals surface area contributed by atoms with E-state index in [9.17, 15) is 0 Å². The molecule has 1 aromatic heterocycles. The van der Waals surface area contributed by atoms with E-state index < -0.39 is 0 Å². The van der Waals surface area contributed by atoms with Gasteiger partial charge >= 0.3 is 0 Å². The van der Waals surface area contributed by atoms with E-state index in [0.29, 0.717) is 5.95 Å². The number of anilines is 3. The molecule has 0 aliphatic carbocycles. The van der Waals surface area contributed by atoms with E-state index in [1.165, 1.54) is 16.7 Å². The summed E-state index contributed by atoms with van der Waals surface area (Å²) >= 11 is 5.96. The summed E-state index contributed by atoms with van der Waals surface area (Å²) in [6.07, 6.45) is 1.92. The summed E-state index contributed by atoms with van der Waals surface area (Å²) in [5, 5.41) is 4.14. The molecular weight excluding hydrogens is 384 g/mol. The van der Waals surface area contributed by atoms with Crippen LogP contribution in [0.3, 0.4) is 0 Å². The summed E-state index contributed by atoms with van der Waals surface area (Å²) < 4.78 is 0. The van der Waals surface area contributed by atoms with Gasteiger partial charge in [-0.15, -0.1) is 0 Å². The molecule has 0 spiro atoms. The van der Waals surface area contributed by atoms with E-state index in [0.717, 1.165) is 49.1 Å². The zero-order valence-corrected chi connectivity index (χ0v) is 16.8. The Kier molecular flexibility index (Phi) is 4.96. The van der Waals surface area contributed by atoms with Crippen LogP contribution in [0.25, 0.3) is 0 Å². The molecule has 5 rings (SSSR count). The smallest absolute Gasteiger partial charge is 0.226 e. The van der Waals surface area contributed by atoms with Gasteiger partial charge in [-0.1, -0.05) is 54.1 Å². The predicted octanol–water partition coefficient (Wildman–Crippen LogP) is 4.17. The average Bonchev–Trinajstić information content (AvgIpc) is 3.16. The number of hydrazine groups is 1. The van der Waals surface area contributed by atoms with Crippen molar-refractivity contribution in [2.45, 2.75) is 25.4 Å². The molecule has 148 valence electrons. The van der Waals surface area contributed by atoms with Crippen LogP contribution in [0, 0.1) is 0 Å². The molecule has 3 heterocycles. The highest BCUT2D eigenvalue weighted by molar-refractivity contribution is 6.30. The first kappa shape index (κ1) is 18.2. The minimum absolute atomic E-state index is 0.273. The molecule has 3 N–H and O–H groups in total. The molecular formula is C22H23ClN6. The van der Waals surface area contributed by atoms with Crippen LogP contribution in [0.5, 0.6) is 0 Å². The summed E-state index contributed by atoms with van der Waals surface area (Å²) in [6, 6.07) is 18.8. The fourth-order valence-electron chi connectivity index (χ4n) is 3.96. The average molecular weight is 407 g/mol. The fraction of sp³-hybridized carbons (Fsp3) is 0.273. The first-order valence-electron chi connectivity index (χ1n) is 9.97. The van der Waals surface area contributed by atoms with Crippen molar-refractivity contribution < 1.29 is 0 Å². The SMILES string of the molecule is Clc1ccc(CCNc2nc3c4c(n2)N(Cc2ccccc2)CCC4NN3)cc1. The van der Waals surface area contributed by atoms with Gasteiger partial charge in [-0.05, 0) is 36.1 Å². The van der Waals surface area contributed by atoms with Crippen molar-refractivity contribution in [3.8, 4) is 0 Å². The largest absolute Gasteiger partial charge is 0.354 e. The number of rotatable bonds is 6. The maximum absolute atomic E-state index is 5.96. The lowest BCUT2D eigenvalue weighted by Crippen LogP contribution is -2.34.